The lowest BCUT2D eigenvalue weighted by Gasteiger charge is -2.35. The van der Waals surface area contributed by atoms with Gasteiger partial charge in [-0.3, -0.25) is 4.79 Å². The highest BCUT2D eigenvalue weighted by atomic mass is 35.5. The molecular formula is C26H23ClN4O. The van der Waals surface area contributed by atoms with E-state index < -0.39 is 0 Å². The van der Waals surface area contributed by atoms with Crippen LogP contribution in [0.15, 0.2) is 78.9 Å². The first-order chi connectivity index (χ1) is 15.7. The minimum Gasteiger partial charge on any atom is -0.352 e. The first-order valence-electron chi connectivity index (χ1n) is 10.8. The Kier molecular flexibility index (Phi) is 5.73. The predicted molar refractivity (Wildman–Crippen MR) is 129 cm³/mol. The van der Waals surface area contributed by atoms with Crippen molar-refractivity contribution >= 4 is 34.1 Å². The summed E-state index contributed by atoms with van der Waals surface area (Å²) in [7, 11) is 0. The molecule has 5 rings (SSSR count). The van der Waals surface area contributed by atoms with E-state index in [9.17, 15) is 4.79 Å². The molecule has 0 aliphatic carbocycles. The molecule has 0 saturated carbocycles. The topological polar surface area (TPSA) is 49.3 Å². The molecule has 0 N–H and O–H groups in total. The number of aromatic nitrogens is 2. The lowest BCUT2D eigenvalue weighted by molar-refractivity contribution is -0.130. The molecule has 0 spiro atoms. The van der Waals surface area contributed by atoms with Crippen LogP contribution in [0.3, 0.4) is 0 Å². The molecule has 2 heterocycles. The highest BCUT2D eigenvalue weighted by Crippen LogP contribution is 2.24. The molecule has 0 radical (unpaired) electrons. The standard InChI is InChI=1S/C26H23ClN4O/c27-23-9-5-19(6-10-23)17-26(32)31-15-13-30(14-16-31)25-12-11-24(28-29-25)22-8-7-20-3-1-2-4-21(20)18-22/h1-12,18H,13-17H2. The third-order valence-electron chi connectivity index (χ3n) is 5.92. The van der Waals surface area contributed by atoms with Gasteiger partial charge < -0.3 is 9.80 Å². The number of anilines is 1. The Bertz CT molecular complexity index is 1230. The van der Waals surface area contributed by atoms with Crippen molar-refractivity contribution in [3.05, 3.63) is 89.4 Å². The Labute approximate surface area is 192 Å². The van der Waals surface area contributed by atoms with Crippen LogP contribution in [0.5, 0.6) is 0 Å². The SMILES string of the molecule is O=C(Cc1ccc(Cl)cc1)N1CCN(c2ccc(-c3ccc4ccccc4c3)nn2)CC1. The smallest absolute Gasteiger partial charge is 0.227 e. The van der Waals surface area contributed by atoms with Crippen LogP contribution in [0.4, 0.5) is 5.82 Å². The van der Waals surface area contributed by atoms with E-state index in [0.717, 1.165) is 35.7 Å². The summed E-state index contributed by atoms with van der Waals surface area (Å²) in [6, 6.07) is 26.1. The van der Waals surface area contributed by atoms with Gasteiger partial charge >= 0.3 is 0 Å². The van der Waals surface area contributed by atoms with Gasteiger partial charge in [0.1, 0.15) is 0 Å². The van der Waals surface area contributed by atoms with E-state index in [2.05, 4.69) is 45.4 Å². The fourth-order valence-electron chi connectivity index (χ4n) is 4.07. The second-order valence-corrected chi connectivity index (χ2v) is 8.45. The molecule has 0 bridgehead atoms. The molecule has 1 fully saturated rings. The van der Waals surface area contributed by atoms with Crippen LogP contribution >= 0.6 is 11.6 Å². The summed E-state index contributed by atoms with van der Waals surface area (Å²) in [6.45, 7) is 2.85. The predicted octanol–water partition coefficient (Wildman–Crippen LogP) is 4.84. The first-order valence-corrected chi connectivity index (χ1v) is 11.1. The number of carbonyl (C=O) groups is 1. The molecule has 1 amide bonds. The van der Waals surface area contributed by atoms with Crippen LogP contribution in [-0.4, -0.2) is 47.2 Å². The van der Waals surface area contributed by atoms with E-state index in [1.165, 1.54) is 10.8 Å². The number of piperazine rings is 1. The highest BCUT2D eigenvalue weighted by molar-refractivity contribution is 6.30. The fourth-order valence-corrected chi connectivity index (χ4v) is 4.20. The molecule has 1 aromatic heterocycles. The van der Waals surface area contributed by atoms with E-state index in [1.807, 2.05) is 53.4 Å². The summed E-state index contributed by atoms with van der Waals surface area (Å²) in [6.07, 6.45) is 0.400. The van der Waals surface area contributed by atoms with Crippen LogP contribution in [0.1, 0.15) is 5.56 Å². The molecule has 0 atom stereocenters. The van der Waals surface area contributed by atoms with Crippen molar-refractivity contribution in [2.75, 3.05) is 31.1 Å². The maximum absolute atomic E-state index is 12.6. The summed E-state index contributed by atoms with van der Waals surface area (Å²) in [5.41, 5.74) is 2.90. The Morgan fingerprint density at radius 3 is 2.28 bits per heavy atom. The van der Waals surface area contributed by atoms with Gasteiger partial charge in [0.2, 0.25) is 5.91 Å². The summed E-state index contributed by atoms with van der Waals surface area (Å²) >= 11 is 5.93. The average molecular weight is 443 g/mol. The largest absolute Gasteiger partial charge is 0.352 e. The third-order valence-corrected chi connectivity index (χ3v) is 6.17. The van der Waals surface area contributed by atoms with Crippen molar-refractivity contribution in [1.82, 2.24) is 15.1 Å². The number of halogens is 1. The minimum atomic E-state index is 0.143. The molecule has 4 aromatic rings. The summed E-state index contributed by atoms with van der Waals surface area (Å²) in [4.78, 5) is 16.7. The van der Waals surface area contributed by atoms with Gasteiger partial charge in [0, 0.05) is 36.8 Å². The van der Waals surface area contributed by atoms with Crippen molar-refractivity contribution in [3.8, 4) is 11.3 Å². The Balaban J connectivity index is 1.21. The van der Waals surface area contributed by atoms with Gasteiger partial charge in [-0.2, -0.15) is 0 Å². The lowest BCUT2D eigenvalue weighted by atomic mass is 10.1. The van der Waals surface area contributed by atoms with E-state index in [1.54, 1.807) is 0 Å². The third kappa shape index (κ3) is 4.43. The van der Waals surface area contributed by atoms with Gasteiger partial charge in [0.15, 0.2) is 5.82 Å². The van der Waals surface area contributed by atoms with Gasteiger partial charge in [0.25, 0.3) is 0 Å². The van der Waals surface area contributed by atoms with Gasteiger partial charge in [-0.1, -0.05) is 60.1 Å². The summed E-state index contributed by atoms with van der Waals surface area (Å²) in [5.74, 6) is 0.990. The zero-order valence-corrected chi connectivity index (χ0v) is 18.4. The lowest BCUT2D eigenvalue weighted by Crippen LogP contribution is -2.49. The quantitative estimate of drug-likeness (QED) is 0.453. The number of fused-ring (bicyclic) bond motifs is 1. The number of rotatable bonds is 4. The van der Waals surface area contributed by atoms with E-state index in [-0.39, 0.29) is 5.91 Å². The van der Waals surface area contributed by atoms with Crippen molar-refractivity contribution in [1.29, 1.82) is 0 Å². The molecule has 1 aliphatic rings. The number of hydrogen-bond donors (Lipinski definition) is 0. The normalized spacial score (nSPS) is 14.0. The molecule has 1 saturated heterocycles. The number of nitrogens with zero attached hydrogens (tertiary/aromatic N) is 4. The van der Waals surface area contributed by atoms with Crippen LogP contribution < -0.4 is 4.90 Å². The molecule has 160 valence electrons. The van der Waals surface area contributed by atoms with Crippen LogP contribution in [-0.2, 0) is 11.2 Å². The summed E-state index contributed by atoms with van der Waals surface area (Å²) in [5, 5.41) is 12.0. The molecule has 1 aliphatic heterocycles. The van der Waals surface area contributed by atoms with Gasteiger partial charge in [-0.25, -0.2) is 0 Å². The van der Waals surface area contributed by atoms with Gasteiger partial charge in [-0.15, -0.1) is 10.2 Å². The first kappa shape index (κ1) is 20.5. The van der Waals surface area contributed by atoms with Crippen LogP contribution in [0.2, 0.25) is 5.02 Å². The highest BCUT2D eigenvalue weighted by Gasteiger charge is 2.22. The molecular weight excluding hydrogens is 420 g/mol. The Morgan fingerprint density at radius 1 is 0.812 bits per heavy atom. The van der Waals surface area contributed by atoms with Gasteiger partial charge in [0.05, 0.1) is 12.1 Å². The molecule has 32 heavy (non-hydrogen) atoms. The van der Waals surface area contributed by atoms with Crippen molar-refractivity contribution in [2.45, 2.75) is 6.42 Å². The second kappa shape index (κ2) is 8.97. The average Bonchev–Trinajstić information content (AvgIpc) is 2.85. The number of benzene rings is 3. The maximum Gasteiger partial charge on any atom is 0.227 e. The molecule has 0 unspecified atom stereocenters. The van der Waals surface area contributed by atoms with E-state index in [0.29, 0.717) is 24.5 Å². The van der Waals surface area contributed by atoms with Crippen molar-refractivity contribution < 1.29 is 4.79 Å². The van der Waals surface area contributed by atoms with Crippen LogP contribution in [0.25, 0.3) is 22.0 Å². The van der Waals surface area contributed by atoms with Crippen molar-refractivity contribution in [2.24, 2.45) is 0 Å². The second-order valence-electron chi connectivity index (χ2n) is 8.01. The van der Waals surface area contributed by atoms with Crippen LogP contribution in [0, 0.1) is 0 Å². The number of hydrogen-bond acceptors (Lipinski definition) is 4. The van der Waals surface area contributed by atoms with Crippen molar-refractivity contribution in [3.63, 3.8) is 0 Å². The number of amides is 1. The molecule has 3 aromatic carbocycles. The van der Waals surface area contributed by atoms with E-state index >= 15 is 0 Å². The fraction of sp³-hybridized carbons (Fsp3) is 0.192. The monoisotopic (exact) mass is 442 g/mol. The van der Waals surface area contributed by atoms with Gasteiger partial charge in [-0.05, 0) is 46.7 Å². The molecule has 5 nitrogen and oxygen atoms in total. The Hall–Kier alpha value is -3.44. The minimum absolute atomic E-state index is 0.143. The number of carbonyl (C=O) groups excluding carboxylic acids is 1. The van der Waals surface area contributed by atoms with E-state index in [4.69, 9.17) is 11.6 Å². The Morgan fingerprint density at radius 2 is 1.56 bits per heavy atom. The maximum atomic E-state index is 12.6. The molecule has 6 heteroatoms. The zero-order valence-electron chi connectivity index (χ0n) is 17.6. The zero-order chi connectivity index (χ0) is 21.9. The summed E-state index contributed by atoms with van der Waals surface area (Å²) < 4.78 is 0.